The van der Waals surface area contributed by atoms with Gasteiger partial charge in [-0.1, -0.05) is 62.9 Å². The Morgan fingerprint density at radius 2 is 1.78 bits per heavy atom. The topological polar surface area (TPSA) is 87.7 Å². The number of aryl methyl sites for hydroxylation is 2. The van der Waals surface area contributed by atoms with Crippen LogP contribution in [0, 0.1) is 19.8 Å². The number of carbonyl (C=O) groups excluding carboxylic acids is 3. The van der Waals surface area contributed by atoms with E-state index in [9.17, 15) is 14.4 Å². The first-order valence-electron chi connectivity index (χ1n) is 13.1. The van der Waals surface area contributed by atoms with E-state index >= 15 is 0 Å². The van der Waals surface area contributed by atoms with Crippen molar-refractivity contribution in [2.24, 2.45) is 5.92 Å². The Labute approximate surface area is 217 Å². The van der Waals surface area contributed by atoms with Crippen LogP contribution in [0.3, 0.4) is 0 Å². The number of rotatable bonds is 9. The Bertz CT molecular complexity index is 929. The third-order valence-electron chi connectivity index (χ3n) is 6.45. The van der Waals surface area contributed by atoms with E-state index < -0.39 is 23.8 Å². The van der Waals surface area contributed by atoms with Gasteiger partial charge in [0.15, 0.2) is 0 Å². The van der Waals surface area contributed by atoms with Crippen LogP contribution in [0.5, 0.6) is 0 Å². The summed E-state index contributed by atoms with van der Waals surface area (Å²) in [6, 6.07) is 4.28. The third-order valence-corrected chi connectivity index (χ3v) is 6.45. The number of carbonyl (C=O) groups is 3. The summed E-state index contributed by atoms with van der Waals surface area (Å²) in [6.07, 6.45) is 6.19. The van der Waals surface area contributed by atoms with E-state index in [2.05, 4.69) is 17.2 Å². The van der Waals surface area contributed by atoms with E-state index in [0.717, 1.165) is 42.4 Å². The van der Waals surface area contributed by atoms with Gasteiger partial charge in [-0.15, -0.1) is 6.58 Å². The second kappa shape index (κ2) is 12.9. The van der Waals surface area contributed by atoms with Crippen LogP contribution in [0.4, 0.5) is 4.79 Å². The Morgan fingerprint density at radius 1 is 1.14 bits per heavy atom. The van der Waals surface area contributed by atoms with Crippen LogP contribution in [0.1, 0.15) is 89.5 Å². The molecule has 2 atom stereocenters. The van der Waals surface area contributed by atoms with E-state index in [1.54, 1.807) is 26.8 Å². The van der Waals surface area contributed by atoms with Crippen molar-refractivity contribution in [3.8, 4) is 0 Å². The molecule has 0 saturated heterocycles. The van der Waals surface area contributed by atoms with E-state index in [0.29, 0.717) is 0 Å². The lowest BCUT2D eigenvalue weighted by Gasteiger charge is -2.36. The van der Waals surface area contributed by atoms with Crippen molar-refractivity contribution >= 4 is 17.9 Å². The van der Waals surface area contributed by atoms with Gasteiger partial charge in [0, 0.05) is 12.6 Å². The summed E-state index contributed by atoms with van der Waals surface area (Å²) in [5, 5.41) is 5.96. The average Bonchev–Trinajstić information content (AvgIpc) is 2.77. The van der Waals surface area contributed by atoms with E-state index in [-0.39, 0.29) is 30.3 Å². The Balaban J connectivity index is 2.46. The molecule has 2 unspecified atom stereocenters. The fourth-order valence-corrected chi connectivity index (χ4v) is 4.70. The number of alkyl carbamates (subject to hydrolysis) is 1. The monoisotopic (exact) mass is 499 g/mol. The highest BCUT2D eigenvalue weighted by atomic mass is 16.6. The Morgan fingerprint density at radius 3 is 2.31 bits per heavy atom. The highest BCUT2D eigenvalue weighted by molar-refractivity contribution is 5.92. The smallest absolute Gasteiger partial charge is 0.408 e. The van der Waals surface area contributed by atoms with Gasteiger partial charge < -0.3 is 20.3 Å². The van der Waals surface area contributed by atoms with Crippen LogP contribution < -0.4 is 10.6 Å². The standard InChI is InChI=1S/C29H45N3O4/c1-9-17-32(27(34)24(19(2)3)31-28(35)36-29(6,7)8)25(23-16-15-20(4)18-21(23)5)26(33)30-22-13-11-10-12-14-22/h9,15-16,18-19,22,24-25H,1,10-14,17H2,2-8H3,(H,30,33)(H,31,35). The van der Waals surface area contributed by atoms with Gasteiger partial charge in [-0.05, 0) is 64.5 Å². The largest absolute Gasteiger partial charge is 0.444 e. The molecule has 1 aliphatic rings. The summed E-state index contributed by atoms with van der Waals surface area (Å²) in [5.41, 5.74) is 2.08. The Kier molecular flexibility index (Phi) is 10.6. The predicted octanol–water partition coefficient (Wildman–Crippen LogP) is 5.36. The maximum Gasteiger partial charge on any atom is 0.408 e. The van der Waals surface area contributed by atoms with Crippen molar-refractivity contribution in [1.82, 2.24) is 15.5 Å². The summed E-state index contributed by atoms with van der Waals surface area (Å²) in [7, 11) is 0. The van der Waals surface area contributed by atoms with Crippen LogP contribution >= 0.6 is 0 Å². The van der Waals surface area contributed by atoms with Crippen molar-refractivity contribution in [3.05, 3.63) is 47.5 Å². The SMILES string of the molecule is C=CCN(C(=O)C(NC(=O)OC(C)(C)C)C(C)C)C(C(=O)NC1CCCCC1)c1ccc(C)cc1C. The summed E-state index contributed by atoms with van der Waals surface area (Å²) in [4.78, 5) is 41.9. The number of ether oxygens (including phenoxy) is 1. The predicted molar refractivity (Wildman–Crippen MR) is 144 cm³/mol. The zero-order valence-electron chi connectivity index (χ0n) is 23.1. The van der Waals surface area contributed by atoms with Gasteiger partial charge in [0.05, 0.1) is 0 Å². The zero-order valence-corrected chi connectivity index (χ0v) is 23.1. The molecular formula is C29H45N3O4. The van der Waals surface area contributed by atoms with E-state index in [1.807, 2.05) is 45.9 Å². The maximum atomic E-state index is 14.0. The molecule has 1 fully saturated rings. The highest BCUT2D eigenvalue weighted by Crippen LogP contribution is 2.28. The first-order valence-corrected chi connectivity index (χ1v) is 13.1. The molecule has 36 heavy (non-hydrogen) atoms. The molecule has 1 aromatic rings. The van der Waals surface area contributed by atoms with Crippen LogP contribution in [-0.2, 0) is 14.3 Å². The minimum Gasteiger partial charge on any atom is -0.444 e. The van der Waals surface area contributed by atoms with Crippen LogP contribution in [0.15, 0.2) is 30.9 Å². The molecule has 7 nitrogen and oxygen atoms in total. The normalized spacial score (nSPS) is 16.1. The highest BCUT2D eigenvalue weighted by Gasteiger charge is 2.38. The number of hydrogen-bond donors (Lipinski definition) is 2. The first-order chi connectivity index (χ1) is 16.8. The lowest BCUT2D eigenvalue weighted by Crippen LogP contribution is -2.55. The molecule has 2 N–H and O–H groups in total. The van der Waals surface area contributed by atoms with Crippen molar-refractivity contribution in [2.75, 3.05) is 6.54 Å². The second-order valence-corrected chi connectivity index (χ2v) is 11.3. The van der Waals surface area contributed by atoms with Gasteiger partial charge in [0.25, 0.3) is 0 Å². The molecule has 3 amide bonds. The maximum absolute atomic E-state index is 14.0. The fraction of sp³-hybridized carbons (Fsp3) is 0.621. The summed E-state index contributed by atoms with van der Waals surface area (Å²) in [6.45, 7) is 17.0. The van der Waals surface area contributed by atoms with Crippen LogP contribution in [0.2, 0.25) is 0 Å². The zero-order chi connectivity index (χ0) is 27.0. The van der Waals surface area contributed by atoms with Crippen LogP contribution in [-0.4, -0.2) is 47.0 Å². The van der Waals surface area contributed by atoms with Crippen molar-refractivity contribution < 1.29 is 19.1 Å². The van der Waals surface area contributed by atoms with Gasteiger partial charge in [-0.2, -0.15) is 0 Å². The lowest BCUT2D eigenvalue weighted by atomic mass is 9.93. The van der Waals surface area contributed by atoms with Gasteiger partial charge in [0.2, 0.25) is 11.8 Å². The van der Waals surface area contributed by atoms with Crippen LogP contribution in [0.25, 0.3) is 0 Å². The molecule has 0 spiro atoms. The summed E-state index contributed by atoms with van der Waals surface area (Å²) >= 11 is 0. The minimum absolute atomic E-state index is 0.0981. The fourth-order valence-electron chi connectivity index (χ4n) is 4.70. The Hall–Kier alpha value is -2.83. The molecule has 0 aliphatic heterocycles. The lowest BCUT2D eigenvalue weighted by molar-refractivity contribution is -0.143. The third kappa shape index (κ3) is 8.38. The molecule has 0 radical (unpaired) electrons. The molecule has 1 aromatic carbocycles. The van der Waals surface area contributed by atoms with Gasteiger partial charge in [-0.25, -0.2) is 4.79 Å². The molecular weight excluding hydrogens is 454 g/mol. The summed E-state index contributed by atoms with van der Waals surface area (Å²) < 4.78 is 5.41. The molecule has 0 bridgehead atoms. The van der Waals surface area contributed by atoms with Gasteiger partial charge >= 0.3 is 6.09 Å². The van der Waals surface area contributed by atoms with Crippen molar-refractivity contribution in [2.45, 2.75) is 104 Å². The molecule has 200 valence electrons. The van der Waals surface area contributed by atoms with Crippen molar-refractivity contribution in [3.63, 3.8) is 0 Å². The first kappa shape index (κ1) is 29.4. The van der Waals surface area contributed by atoms with E-state index in [1.165, 1.54) is 11.3 Å². The number of hydrogen-bond acceptors (Lipinski definition) is 4. The van der Waals surface area contributed by atoms with Crippen molar-refractivity contribution in [1.29, 1.82) is 0 Å². The summed E-state index contributed by atoms with van der Waals surface area (Å²) in [5.74, 6) is -0.776. The quantitative estimate of drug-likeness (QED) is 0.448. The van der Waals surface area contributed by atoms with Gasteiger partial charge in [0.1, 0.15) is 17.7 Å². The second-order valence-electron chi connectivity index (χ2n) is 11.3. The molecule has 7 heteroatoms. The average molecular weight is 500 g/mol. The number of nitrogens with zero attached hydrogens (tertiary/aromatic N) is 1. The van der Waals surface area contributed by atoms with E-state index in [4.69, 9.17) is 4.74 Å². The molecule has 1 aliphatic carbocycles. The number of amides is 3. The molecule has 0 heterocycles. The minimum atomic E-state index is -0.865. The van der Waals surface area contributed by atoms with Gasteiger partial charge in [-0.3, -0.25) is 9.59 Å². The molecule has 2 rings (SSSR count). The number of nitrogens with one attached hydrogen (secondary N) is 2. The molecule has 1 saturated carbocycles. The molecule has 0 aromatic heterocycles. The number of benzene rings is 1.